The smallest absolute Gasteiger partial charge is 0.319 e. The van der Waals surface area contributed by atoms with E-state index in [0.29, 0.717) is 12.6 Å². The number of carbonyl (C=O) groups is 1. The van der Waals surface area contributed by atoms with Gasteiger partial charge in [0.2, 0.25) is 0 Å². The van der Waals surface area contributed by atoms with Crippen LogP contribution in [0, 0.1) is 6.92 Å². The van der Waals surface area contributed by atoms with Crippen LogP contribution < -0.4 is 10.6 Å². The van der Waals surface area contributed by atoms with Crippen molar-refractivity contribution < 1.29 is 4.79 Å². The maximum Gasteiger partial charge on any atom is 0.319 e. The third kappa shape index (κ3) is 4.58. The maximum absolute atomic E-state index is 12.0. The van der Waals surface area contributed by atoms with Crippen LogP contribution in [0.3, 0.4) is 0 Å². The van der Waals surface area contributed by atoms with Crippen LogP contribution in [-0.4, -0.2) is 21.9 Å². The van der Waals surface area contributed by atoms with Crippen molar-refractivity contribution in [2.24, 2.45) is 0 Å². The molecule has 5 nitrogen and oxygen atoms in total. The van der Waals surface area contributed by atoms with E-state index in [1.165, 1.54) is 30.4 Å². The van der Waals surface area contributed by atoms with Gasteiger partial charge in [0.05, 0.1) is 18.4 Å². The number of hydrogen-bond acceptors (Lipinski definition) is 2. The second-order valence-electron chi connectivity index (χ2n) is 6.35. The van der Waals surface area contributed by atoms with Crippen molar-refractivity contribution in [3.8, 4) is 0 Å². The fraction of sp³-hybridized carbons (Fsp3) is 0.444. The Kier molecular flexibility index (Phi) is 4.95. The Morgan fingerprint density at radius 1 is 1.30 bits per heavy atom. The van der Waals surface area contributed by atoms with Gasteiger partial charge in [0.25, 0.3) is 0 Å². The van der Waals surface area contributed by atoms with Gasteiger partial charge in [-0.3, -0.25) is 4.68 Å². The predicted octanol–water partition coefficient (Wildman–Crippen LogP) is 3.69. The summed E-state index contributed by atoms with van der Waals surface area (Å²) >= 11 is 0. The Bertz CT molecular complexity index is 659. The second kappa shape index (κ2) is 7.31. The Labute approximate surface area is 137 Å². The lowest BCUT2D eigenvalue weighted by atomic mass is 9.96. The molecule has 0 atom stereocenters. The monoisotopic (exact) mass is 312 g/mol. The zero-order valence-corrected chi connectivity index (χ0v) is 13.6. The Morgan fingerprint density at radius 2 is 2.13 bits per heavy atom. The number of carbonyl (C=O) groups excluding carboxylic acids is 1. The lowest BCUT2D eigenvalue weighted by Crippen LogP contribution is -2.38. The van der Waals surface area contributed by atoms with Crippen LogP contribution in [0.5, 0.6) is 0 Å². The summed E-state index contributed by atoms with van der Waals surface area (Å²) in [4.78, 5) is 12.0. The molecule has 23 heavy (non-hydrogen) atoms. The van der Waals surface area contributed by atoms with E-state index in [9.17, 15) is 4.79 Å². The summed E-state index contributed by atoms with van der Waals surface area (Å²) in [5.41, 5.74) is 3.16. The Hall–Kier alpha value is -2.30. The molecule has 0 bridgehead atoms. The van der Waals surface area contributed by atoms with Crippen molar-refractivity contribution in [1.82, 2.24) is 15.1 Å². The first-order valence-electron chi connectivity index (χ1n) is 8.34. The second-order valence-corrected chi connectivity index (χ2v) is 6.35. The Balaban J connectivity index is 1.53. The molecule has 2 amide bonds. The number of nitrogens with one attached hydrogen (secondary N) is 2. The molecule has 1 aliphatic carbocycles. The van der Waals surface area contributed by atoms with Gasteiger partial charge in [-0.1, -0.05) is 49.1 Å². The fourth-order valence-corrected chi connectivity index (χ4v) is 3.11. The van der Waals surface area contributed by atoms with Crippen molar-refractivity contribution in [3.05, 3.63) is 47.8 Å². The number of aryl methyl sites for hydroxylation is 1. The van der Waals surface area contributed by atoms with E-state index in [1.807, 2.05) is 16.9 Å². The van der Waals surface area contributed by atoms with Crippen LogP contribution in [0.15, 0.2) is 36.7 Å². The molecule has 2 aromatic rings. The zero-order chi connectivity index (χ0) is 16.1. The normalized spacial score (nSPS) is 15.3. The lowest BCUT2D eigenvalue weighted by molar-refractivity contribution is 0.244. The highest BCUT2D eigenvalue weighted by Crippen LogP contribution is 2.17. The molecular formula is C18H24N4O. The van der Waals surface area contributed by atoms with E-state index in [1.54, 1.807) is 6.20 Å². The summed E-state index contributed by atoms with van der Waals surface area (Å²) in [6.45, 7) is 2.78. The van der Waals surface area contributed by atoms with Crippen molar-refractivity contribution in [2.45, 2.75) is 51.6 Å². The number of nitrogens with zero attached hydrogens (tertiary/aromatic N) is 2. The van der Waals surface area contributed by atoms with Gasteiger partial charge in [-0.25, -0.2) is 4.79 Å². The molecule has 0 aliphatic heterocycles. The highest BCUT2D eigenvalue weighted by Gasteiger charge is 2.15. The minimum absolute atomic E-state index is 0.132. The minimum Gasteiger partial charge on any atom is -0.335 e. The average Bonchev–Trinajstić information content (AvgIpc) is 2.95. The molecule has 0 saturated heterocycles. The summed E-state index contributed by atoms with van der Waals surface area (Å²) in [6, 6.07) is 8.53. The van der Waals surface area contributed by atoms with Crippen LogP contribution in [0.4, 0.5) is 10.5 Å². The summed E-state index contributed by atoms with van der Waals surface area (Å²) in [5, 5.41) is 10.2. The molecule has 5 heteroatoms. The van der Waals surface area contributed by atoms with Gasteiger partial charge in [0.15, 0.2) is 0 Å². The molecule has 0 unspecified atom stereocenters. The van der Waals surface area contributed by atoms with Gasteiger partial charge in [0.1, 0.15) is 0 Å². The number of anilines is 1. The van der Waals surface area contributed by atoms with Gasteiger partial charge in [-0.05, 0) is 25.3 Å². The lowest BCUT2D eigenvalue weighted by Gasteiger charge is -2.22. The van der Waals surface area contributed by atoms with Crippen LogP contribution in [0.2, 0.25) is 0 Å². The van der Waals surface area contributed by atoms with E-state index in [4.69, 9.17) is 0 Å². The van der Waals surface area contributed by atoms with Crippen molar-refractivity contribution in [2.75, 3.05) is 5.32 Å². The number of benzene rings is 1. The maximum atomic E-state index is 12.0. The van der Waals surface area contributed by atoms with Crippen LogP contribution >= 0.6 is 0 Å². The third-order valence-electron chi connectivity index (χ3n) is 4.26. The summed E-state index contributed by atoms with van der Waals surface area (Å²) < 4.78 is 1.84. The van der Waals surface area contributed by atoms with Crippen LogP contribution in [0.1, 0.15) is 43.2 Å². The SMILES string of the molecule is Cc1cccc(Cn2cc(NC(=O)NC3CCCCC3)cn2)c1. The van der Waals surface area contributed by atoms with Crippen LogP contribution in [0.25, 0.3) is 0 Å². The zero-order valence-electron chi connectivity index (χ0n) is 13.6. The molecule has 2 N–H and O–H groups in total. The van der Waals surface area contributed by atoms with Crippen molar-refractivity contribution in [1.29, 1.82) is 0 Å². The molecule has 122 valence electrons. The van der Waals surface area contributed by atoms with Gasteiger partial charge in [-0.15, -0.1) is 0 Å². The molecule has 3 rings (SSSR count). The summed E-state index contributed by atoms with van der Waals surface area (Å²) in [6.07, 6.45) is 9.42. The molecule has 1 saturated carbocycles. The fourth-order valence-electron chi connectivity index (χ4n) is 3.11. The highest BCUT2D eigenvalue weighted by atomic mass is 16.2. The van der Waals surface area contributed by atoms with E-state index in [0.717, 1.165) is 18.5 Å². The standard InChI is InChI=1S/C18H24N4O/c1-14-6-5-7-15(10-14)12-22-13-17(11-19-22)21-18(23)20-16-8-3-2-4-9-16/h5-7,10-11,13,16H,2-4,8-9,12H2,1H3,(H2,20,21,23). The van der Waals surface area contributed by atoms with E-state index >= 15 is 0 Å². The number of hydrogen-bond donors (Lipinski definition) is 2. The molecule has 0 spiro atoms. The number of urea groups is 1. The molecule has 0 radical (unpaired) electrons. The van der Waals surface area contributed by atoms with Crippen molar-refractivity contribution in [3.63, 3.8) is 0 Å². The molecular weight excluding hydrogens is 288 g/mol. The molecule has 1 fully saturated rings. The molecule has 1 aromatic carbocycles. The Morgan fingerprint density at radius 3 is 2.91 bits per heavy atom. The third-order valence-corrected chi connectivity index (χ3v) is 4.26. The number of amides is 2. The van der Waals surface area contributed by atoms with Gasteiger partial charge >= 0.3 is 6.03 Å². The van der Waals surface area contributed by atoms with Gasteiger partial charge < -0.3 is 10.6 Å². The minimum atomic E-state index is -0.132. The van der Waals surface area contributed by atoms with E-state index in [2.05, 4.69) is 40.9 Å². The topological polar surface area (TPSA) is 59.0 Å². The average molecular weight is 312 g/mol. The first-order valence-corrected chi connectivity index (χ1v) is 8.34. The first-order chi connectivity index (χ1) is 11.2. The molecule has 1 aromatic heterocycles. The number of rotatable bonds is 4. The highest BCUT2D eigenvalue weighted by molar-refractivity contribution is 5.89. The number of aromatic nitrogens is 2. The van der Waals surface area contributed by atoms with Gasteiger partial charge in [0, 0.05) is 12.2 Å². The van der Waals surface area contributed by atoms with Crippen LogP contribution in [-0.2, 0) is 6.54 Å². The van der Waals surface area contributed by atoms with E-state index < -0.39 is 0 Å². The first kappa shape index (κ1) is 15.6. The van der Waals surface area contributed by atoms with E-state index in [-0.39, 0.29) is 6.03 Å². The largest absolute Gasteiger partial charge is 0.335 e. The van der Waals surface area contributed by atoms with Gasteiger partial charge in [-0.2, -0.15) is 5.10 Å². The molecule has 1 aliphatic rings. The molecule has 1 heterocycles. The predicted molar refractivity (Wildman–Crippen MR) is 91.5 cm³/mol. The quantitative estimate of drug-likeness (QED) is 0.904. The summed E-state index contributed by atoms with van der Waals surface area (Å²) in [7, 11) is 0. The summed E-state index contributed by atoms with van der Waals surface area (Å²) in [5.74, 6) is 0. The van der Waals surface area contributed by atoms with Crippen molar-refractivity contribution >= 4 is 11.7 Å².